The highest BCUT2D eigenvalue weighted by Gasteiger charge is 2.46. The number of benzene rings is 2. The zero-order chi connectivity index (χ0) is 23.4. The molecule has 33 heavy (non-hydrogen) atoms. The fourth-order valence-corrected chi connectivity index (χ4v) is 3.72. The number of rotatable bonds is 7. The summed E-state index contributed by atoms with van der Waals surface area (Å²) in [5, 5.41) is 3.26. The Morgan fingerprint density at radius 1 is 1.09 bits per heavy atom. The first kappa shape index (κ1) is 22.3. The first-order valence-electron chi connectivity index (χ1n) is 10.2. The molecule has 8 nitrogen and oxygen atoms in total. The minimum Gasteiger partial charge on any atom is -0.497 e. The second-order valence-corrected chi connectivity index (χ2v) is 7.85. The number of carbonyl (C=O) groups excluding carboxylic acids is 3. The Morgan fingerprint density at radius 3 is 2.45 bits per heavy atom. The second kappa shape index (κ2) is 9.70. The maximum absolute atomic E-state index is 13.3. The SMILES string of the molecule is COc1ccc(NC(=O)C[C@H]2C(=O)N(c3ccc(Cl)cc3)C(=O)N2Cc2cccnc2)cc1. The lowest BCUT2D eigenvalue weighted by atomic mass is 10.1. The molecule has 1 saturated heterocycles. The van der Waals surface area contributed by atoms with Gasteiger partial charge in [-0.15, -0.1) is 0 Å². The molecular formula is C24H21ClN4O4. The molecule has 0 bridgehead atoms. The van der Waals surface area contributed by atoms with Crippen molar-refractivity contribution in [3.05, 3.63) is 83.6 Å². The molecule has 9 heteroatoms. The standard InChI is InChI=1S/C24H21ClN4O4/c1-33-20-10-6-18(7-11-20)27-22(30)13-21-23(31)29(19-8-4-17(25)5-9-19)24(32)28(21)15-16-3-2-12-26-14-16/h2-12,14,21H,13,15H2,1H3,(H,27,30)/t21-/m0/s1. The van der Waals surface area contributed by atoms with Crippen LogP contribution in [0.4, 0.5) is 16.2 Å². The van der Waals surface area contributed by atoms with Gasteiger partial charge in [0.05, 0.1) is 19.2 Å². The van der Waals surface area contributed by atoms with Crippen LogP contribution in [0.2, 0.25) is 5.02 Å². The van der Waals surface area contributed by atoms with Crippen LogP contribution in [0.1, 0.15) is 12.0 Å². The zero-order valence-electron chi connectivity index (χ0n) is 17.8. The fraction of sp³-hybridized carbons (Fsp3) is 0.167. The van der Waals surface area contributed by atoms with Crippen molar-refractivity contribution in [2.45, 2.75) is 19.0 Å². The van der Waals surface area contributed by atoms with Crippen molar-refractivity contribution in [2.75, 3.05) is 17.3 Å². The van der Waals surface area contributed by atoms with E-state index in [-0.39, 0.29) is 18.9 Å². The lowest BCUT2D eigenvalue weighted by molar-refractivity contribution is -0.124. The van der Waals surface area contributed by atoms with Crippen LogP contribution < -0.4 is 15.0 Å². The van der Waals surface area contributed by atoms with Gasteiger partial charge in [0.15, 0.2) is 0 Å². The third-order valence-electron chi connectivity index (χ3n) is 5.23. The summed E-state index contributed by atoms with van der Waals surface area (Å²) >= 11 is 5.95. The van der Waals surface area contributed by atoms with Crippen molar-refractivity contribution in [2.24, 2.45) is 0 Å². The lowest BCUT2D eigenvalue weighted by Crippen LogP contribution is -2.37. The highest BCUT2D eigenvalue weighted by molar-refractivity contribution is 6.30. The normalized spacial score (nSPS) is 15.6. The maximum Gasteiger partial charge on any atom is 0.332 e. The third kappa shape index (κ3) is 4.96. The number of urea groups is 1. The van der Waals surface area contributed by atoms with Crippen LogP contribution in [0.15, 0.2) is 73.1 Å². The molecule has 0 saturated carbocycles. The van der Waals surface area contributed by atoms with Crippen molar-refractivity contribution in [3.63, 3.8) is 0 Å². The number of pyridine rings is 1. The van der Waals surface area contributed by atoms with E-state index >= 15 is 0 Å². The summed E-state index contributed by atoms with van der Waals surface area (Å²) in [5.74, 6) is -0.206. The van der Waals surface area contributed by atoms with E-state index in [9.17, 15) is 14.4 Å². The molecule has 2 aromatic carbocycles. The highest BCUT2D eigenvalue weighted by atomic mass is 35.5. The number of methoxy groups -OCH3 is 1. The monoisotopic (exact) mass is 464 g/mol. The Kier molecular flexibility index (Phi) is 6.55. The van der Waals surface area contributed by atoms with Crippen molar-refractivity contribution in [1.82, 2.24) is 9.88 Å². The quantitative estimate of drug-likeness (QED) is 0.531. The van der Waals surface area contributed by atoms with E-state index in [0.29, 0.717) is 22.1 Å². The molecule has 1 N–H and O–H groups in total. The molecule has 0 aliphatic carbocycles. The van der Waals surface area contributed by atoms with E-state index < -0.39 is 18.0 Å². The van der Waals surface area contributed by atoms with E-state index in [2.05, 4.69) is 10.3 Å². The Morgan fingerprint density at radius 2 is 1.82 bits per heavy atom. The predicted octanol–water partition coefficient (Wildman–Crippen LogP) is 4.11. The number of halogens is 1. The summed E-state index contributed by atoms with van der Waals surface area (Å²) in [4.78, 5) is 45.9. The largest absolute Gasteiger partial charge is 0.497 e. The zero-order valence-corrected chi connectivity index (χ0v) is 18.5. The lowest BCUT2D eigenvalue weighted by Gasteiger charge is -2.21. The van der Waals surface area contributed by atoms with E-state index in [0.717, 1.165) is 10.5 Å². The van der Waals surface area contributed by atoms with Crippen LogP contribution in [0.25, 0.3) is 0 Å². The number of ether oxygens (including phenoxy) is 1. The molecule has 0 unspecified atom stereocenters. The predicted molar refractivity (Wildman–Crippen MR) is 124 cm³/mol. The van der Waals surface area contributed by atoms with Crippen molar-refractivity contribution < 1.29 is 19.1 Å². The maximum atomic E-state index is 13.3. The molecule has 168 valence electrons. The summed E-state index contributed by atoms with van der Waals surface area (Å²) in [7, 11) is 1.56. The average Bonchev–Trinajstić information content (AvgIpc) is 3.05. The summed E-state index contributed by atoms with van der Waals surface area (Å²) in [5.41, 5.74) is 1.70. The average molecular weight is 465 g/mol. The number of nitrogens with zero attached hydrogens (tertiary/aromatic N) is 3. The van der Waals surface area contributed by atoms with Crippen LogP contribution in [-0.2, 0) is 16.1 Å². The van der Waals surface area contributed by atoms with Crippen LogP contribution in [0, 0.1) is 0 Å². The number of nitrogens with one attached hydrogen (secondary N) is 1. The molecule has 1 aliphatic heterocycles. The van der Waals surface area contributed by atoms with Gasteiger partial charge in [0.1, 0.15) is 11.8 Å². The molecule has 4 amide bonds. The van der Waals surface area contributed by atoms with Gasteiger partial charge < -0.3 is 15.0 Å². The van der Waals surface area contributed by atoms with Gasteiger partial charge in [0, 0.05) is 29.6 Å². The van der Waals surface area contributed by atoms with Crippen molar-refractivity contribution >= 4 is 40.8 Å². The van der Waals surface area contributed by atoms with Gasteiger partial charge in [-0.1, -0.05) is 17.7 Å². The molecule has 3 aromatic rings. The van der Waals surface area contributed by atoms with Crippen LogP contribution >= 0.6 is 11.6 Å². The molecule has 4 rings (SSSR count). The molecule has 0 radical (unpaired) electrons. The molecule has 2 heterocycles. The Hall–Kier alpha value is -3.91. The van der Waals surface area contributed by atoms with E-state index in [1.807, 2.05) is 6.07 Å². The third-order valence-corrected chi connectivity index (χ3v) is 5.48. The van der Waals surface area contributed by atoms with Crippen LogP contribution in [-0.4, -0.2) is 40.9 Å². The Balaban J connectivity index is 1.57. The minimum absolute atomic E-state index is 0.142. The summed E-state index contributed by atoms with van der Waals surface area (Å²) < 4.78 is 5.12. The number of aromatic nitrogens is 1. The molecule has 1 aromatic heterocycles. The van der Waals surface area contributed by atoms with Gasteiger partial charge in [-0.25, -0.2) is 9.69 Å². The molecule has 1 aliphatic rings. The smallest absolute Gasteiger partial charge is 0.332 e. The molecule has 1 fully saturated rings. The van der Waals surface area contributed by atoms with Gasteiger partial charge in [0.25, 0.3) is 5.91 Å². The number of hydrogen-bond donors (Lipinski definition) is 1. The van der Waals surface area contributed by atoms with Crippen molar-refractivity contribution in [1.29, 1.82) is 0 Å². The van der Waals surface area contributed by atoms with E-state index in [1.165, 1.54) is 4.90 Å². The van der Waals surface area contributed by atoms with Gasteiger partial charge >= 0.3 is 6.03 Å². The van der Waals surface area contributed by atoms with Gasteiger partial charge in [0.2, 0.25) is 5.91 Å². The number of amides is 4. The topological polar surface area (TPSA) is 91.8 Å². The summed E-state index contributed by atoms with van der Waals surface area (Å²) in [6.07, 6.45) is 3.05. The van der Waals surface area contributed by atoms with E-state index in [4.69, 9.17) is 16.3 Å². The fourth-order valence-electron chi connectivity index (χ4n) is 3.59. The number of carbonyl (C=O) groups is 3. The van der Waals surface area contributed by atoms with Crippen LogP contribution in [0.3, 0.4) is 0 Å². The first-order valence-corrected chi connectivity index (χ1v) is 10.6. The second-order valence-electron chi connectivity index (χ2n) is 7.42. The van der Waals surface area contributed by atoms with Crippen LogP contribution in [0.5, 0.6) is 5.75 Å². The Bertz CT molecular complexity index is 1150. The molecular weight excluding hydrogens is 444 g/mol. The number of hydrogen-bond acceptors (Lipinski definition) is 5. The molecule has 1 atom stereocenters. The Labute approximate surface area is 195 Å². The summed E-state index contributed by atoms with van der Waals surface area (Å²) in [6, 6.07) is 15.3. The van der Waals surface area contributed by atoms with Gasteiger partial charge in [-0.3, -0.25) is 14.6 Å². The highest BCUT2D eigenvalue weighted by Crippen LogP contribution is 2.29. The number of imide groups is 1. The first-order chi connectivity index (χ1) is 16.0. The summed E-state index contributed by atoms with van der Waals surface area (Å²) in [6.45, 7) is 0.142. The van der Waals surface area contributed by atoms with Gasteiger partial charge in [-0.05, 0) is 60.2 Å². The number of anilines is 2. The minimum atomic E-state index is -0.966. The molecule has 0 spiro atoms. The van der Waals surface area contributed by atoms with E-state index in [1.54, 1.807) is 74.1 Å². The van der Waals surface area contributed by atoms with Crippen molar-refractivity contribution in [3.8, 4) is 5.75 Å². The van der Waals surface area contributed by atoms with Gasteiger partial charge in [-0.2, -0.15) is 0 Å².